The van der Waals surface area contributed by atoms with Crippen LogP contribution in [0, 0.1) is 12.8 Å². The van der Waals surface area contributed by atoms with E-state index in [0.29, 0.717) is 0 Å². The summed E-state index contributed by atoms with van der Waals surface area (Å²) in [5, 5.41) is 24.8. The molecule has 1 aromatic carbocycles. The monoisotopic (exact) mass is 417 g/mol. The lowest BCUT2D eigenvalue weighted by Gasteiger charge is -2.31. The normalized spacial score (nSPS) is 23.1. The third kappa shape index (κ3) is 2.79. The SMILES string of the molecule is CC(=O)c1c(O)c(C)c(O)c2c1OC1=CC(=O)C(/C(C)=N/NC(N)=S)C(=O)C12C. The molecule has 1 heterocycles. The predicted molar refractivity (Wildman–Crippen MR) is 107 cm³/mol. The molecule has 2 unspecified atom stereocenters. The van der Waals surface area contributed by atoms with E-state index in [1.54, 1.807) is 0 Å². The van der Waals surface area contributed by atoms with E-state index in [1.807, 2.05) is 0 Å². The molecule has 10 heteroatoms. The molecule has 3 rings (SSSR count). The maximum Gasteiger partial charge on any atom is 0.184 e. The number of thiocarbonyl (C=S) groups is 1. The van der Waals surface area contributed by atoms with Gasteiger partial charge in [0.05, 0.1) is 11.3 Å². The molecule has 2 aliphatic rings. The second-order valence-electron chi connectivity index (χ2n) is 7.12. The van der Waals surface area contributed by atoms with Gasteiger partial charge < -0.3 is 20.7 Å². The lowest BCUT2D eigenvalue weighted by atomic mass is 9.67. The summed E-state index contributed by atoms with van der Waals surface area (Å²) in [5.41, 5.74) is 6.14. The van der Waals surface area contributed by atoms with Gasteiger partial charge in [0.15, 0.2) is 22.5 Å². The third-order valence-electron chi connectivity index (χ3n) is 5.27. The lowest BCUT2D eigenvalue weighted by molar-refractivity contribution is -0.131. The Hall–Kier alpha value is -3.27. The summed E-state index contributed by atoms with van der Waals surface area (Å²) < 4.78 is 5.67. The molecule has 2 atom stereocenters. The van der Waals surface area contributed by atoms with Gasteiger partial charge in [0, 0.05) is 11.6 Å². The highest BCUT2D eigenvalue weighted by Gasteiger charge is 2.57. The van der Waals surface area contributed by atoms with Crippen LogP contribution in [0.5, 0.6) is 17.2 Å². The Balaban J connectivity index is 2.26. The fraction of sp³-hybridized carbons (Fsp3) is 0.316. The number of phenols is 2. The van der Waals surface area contributed by atoms with Crippen molar-refractivity contribution in [1.82, 2.24) is 5.43 Å². The van der Waals surface area contributed by atoms with E-state index in [1.165, 1.54) is 27.7 Å². The van der Waals surface area contributed by atoms with Crippen LogP contribution in [0.3, 0.4) is 0 Å². The second kappa shape index (κ2) is 6.66. The number of allylic oxidation sites excluding steroid dienone is 2. The Morgan fingerprint density at radius 1 is 1.31 bits per heavy atom. The summed E-state index contributed by atoms with van der Waals surface area (Å²) in [5.74, 6) is -3.95. The van der Waals surface area contributed by atoms with Crippen LogP contribution in [0.4, 0.5) is 0 Å². The van der Waals surface area contributed by atoms with Crippen molar-refractivity contribution in [3.05, 3.63) is 28.5 Å². The van der Waals surface area contributed by atoms with Gasteiger partial charge in [0.2, 0.25) is 0 Å². The number of nitrogens with two attached hydrogens (primary N) is 1. The van der Waals surface area contributed by atoms with Crippen molar-refractivity contribution in [2.45, 2.75) is 33.1 Å². The molecule has 1 aliphatic heterocycles. The van der Waals surface area contributed by atoms with E-state index in [4.69, 9.17) is 10.5 Å². The molecule has 0 amide bonds. The van der Waals surface area contributed by atoms with E-state index in [2.05, 4.69) is 22.7 Å². The van der Waals surface area contributed by atoms with Gasteiger partial charge in [0.25, 0.3) is 0 Å². The number of hydrogen-bond donors (Lipinski definition) is 4. The molecule has 0 bridgehead atoms. The molecule has 0 aromatic heterocycles. The topological polar surface area (TPSA) is 151 Å². The molecule has 152 valence electrons. The summed E-state index contributed by atoms with van der Waals surface area (Å²) >= 11 is 4.67. The van der Waals surface area contributed by atoms with Crippen molar-refractivity contribution in [2.24, 2.45) is 16.8 Å². The summed E-state index contributed by atoms with van der Waals surface area (Å²) in [4.78, 5) is 38.2. The van der Waals surface area contributed by atoms with Crippen molar-refractivity contribution in [1.29, 1.82) is 0 Å². The van der Waals surface area contributed by atoms with E-state index < -0.39 is 34.4 Å². The van der Waals surface area contributed by atoms with E-state index in [9.17, 15) is 24.6 Å². The number of aromatic hydroxyl groups is 2. The number of phenolic OH excluding ortho intramolecular Hbond substituents is 2. The molecule has 0 saturated carbocycles. The summed E-state index contributed by atoms with van der Waals surface area (Å²) in [6, 6.07) is 0. The van der Waals surface area contributed by atoms with Gasteiger partial charge >= 0.3 is 0 Å². The van der Waals surface area contributed by atoms with Gasteiger partial charge in [-0.1, -0.05) is 0 Å². The van der Waals surface area contributed by atoms with Crippen LogP contribution in [-0.2, 0) is 15.0 Å². The first-order valence-corrected chi connectivity index (χ1v) is 9.01. The van der Waals surface area contributed by atoms with Crippen LogP contribution in [0.15, 0.2) is 16.9 Å². The van der Waals surface area contributed by atoms with E-state index >= 15 is 0 Å². The summed E-state index contributed by atoms with van der Waals surface area (Å²) in [6.45, 7) is 5.59. The van der Waals surface area contributed by atoms with Gasteiger partial charge in [-0.2, -0.15) is 5.10 Å². The van der Waals surface area contributed by atoms with Crippen molar-refractivity contribution >= 4 is 40.4 Å². The quantitative estimate of drug-likeness (QED) is 0.186. The van der Waals surface area contributed by atoms with Crippen LogP contribution in [0.1, 0.15) is 42.3 Å². The zero-order valence-corrected chi connectivity index (χ0v) is 16.9. The van der Waals surface area contributed by atoms with Gasteiger partial charge in [-0.25, -0.2) is 0 Å². The van der Waals surface area contributed by atoms with Crippen LogP contribution in [0.25, 0.3) is 0 Å². The Morgan fingerprint density at radius 2 is 1.93 bits per heavy atom. The van der Waals surface area contributed by atoms with Gasteiger partial charge in [-0.05, 0) is 39.9 Å². The van der Waals surface area contributed by atoms with Gasteiger partial charge in [-0.3, -0.25) is 19.8 Å². The molecule has 5 N–H and O–H groups in total. The van der Waals surface area contributed by atoms with Crippen LogP contribution in [0.2, 0.25) is 0 Å². The summed E-state index contributed by atoms with van der Waals surface area (Å²) in [6.07, 6.45) is 1.14. The van der Waals surface area contributed by atoms with Crippen molar-refractivity contribution in [2.75, 3.05) is 0 Å². The smallest absolute Gasteiger partial charge is 0.184 e. The molecule has 0 spiro atoms. The maximum absolute atomic E-state index is 13.4. The molecular formula is C19H19N3O6S. The first kappa shape index (κ1) is 20.5. The lowest BCUT2D eigenvalue weighted by Crippen LogP contribution is -2.47. The number of nitrogens with zero attached hydrogens (tertiary/aromatic N) is 1. The minimum absolute atomic E-state index is 0.0295. The highest BCUT2D eigenvalue weighted by Crippen LogP contribution is 2.57. The average Bonchev–Trinajstić information content (AvgIpc) is 2.91. The van der Waals surface area contributed by atoms with Crippen LogP contribution >= 0.6 is 12.2 Å². The van der Waals surface area contributed by atoms with Gasteiger partial charge in [-0.15, -0.1) is 0 Å². The maximum atomic E-state index is 13.4. The van der Waals surface area contributed by atoms with Crippen molar-refractivity contribution < 1.29 is 29.3 Å². The molecule has 0 saturated heterocycles. The largest absolute Gasteiger partial charge is 0.507 e. The Bertz CT molecular complexity index is 1070. The molecule has 29 heavy (non-hydrogen) atoms. The zero-order valence-electron chi connectivity index (χ0n) is 16.1. The first-order chi connectivity index (χ1) is 13.4. The zero-order chi connectivity index (χ0) is 21.8. The number of rotatable bonds is 3. The Labute approximate surface area is 171 Å². The molecule has 1 aliphatic carbocycles. The fourth-order valence-corrected chi connectivity index (χ4v) is 3.75. The molecule has 0 radical (unpaired) electrons. The minimum Gasteiger partial charge on any atom is -0.507 e. The Morgan fingerprint density at radius 3 is 2.48 bits per heavy atom. The van der Waals surface area contributed by atoms with Crippen LogP contribution in [-0.4, -0.2) is 38.4 Å². The third-order valence-corrected chi connectivity index (χ3v) is 5.36. The van der Waals surface area contributed by atoms with Gasteiger partial charge in [0.1, 0.15) is 39.9 Å². The van der Waals surface area contributed by atoms with E-state index in [-0.39, 0.29) is 44.8 Å². The van der Waals surface area contributed by atoms with E-state index in [0.717, 1.165) is 6.08 Å². The number of ketones is 3. The second-order valence-corrected chi connectivity index (χ2v) is 7.56. The van der Waals surface area contributed by atoms with Crippen molar-refractivity contribution in [3.63, 3.8) is 0 Å². The number of fused-ring (bicyclic) bond motifs is 3. The van der Waals surface area contributed by atoms with Crippen LogP contribution < -0.4 is 15.9 Å². The number of hydrogen-bond acceptors (Lipinski definition) is 8. The number of ether oxygens (including phenoxy) is 1. The predicted octanol–water partition coefficient (Wildman–Crippen LogP) is 1.12. The average molecular weight is 417 g/mol. The fourth-order valence-electron chi connectivity index (χ4n) is 3.71. The number of nitrogens with one attached hydrogen (secondary N) is 1. The minimum atomic E-state index is -1.55. The number of hydrazone groups is 1. The molecule has 9 nitrogen and oxygen atoms in total. The Kier molecular flexibility index (Phi) is 4.70. The first-order valence-electron chi connectivity index (χ1n) is 8.60. The number of Topliss-reactive ketones (excluding diaryl/α,β-unsaturated/α-hetero) is 2. The number of benzene rings is 1. The standard InChI is InChI=1S/C19H19N3O6S/c1-6-14(25)12(8(3)23)16-13(15(6)26)19(4)10(28-16)5-9(24)11(17(19)27)7(2)21-22-18(20)29/h5,11,25-26H,1-4H3,(H3,20,22,29)/b21-7+. The molecule has 1 aromatic rings. The number of carbonyl (C=O) groups excluding carboxylic acids is 3. The highest BCUT2D eigenvalue weighted by molar-refractivity contribution is 7.80. The van der Waals surface area contributed by atoms with Crippen molar-refractivity contribution in [3.8, 4) is 17.2 Å². The molecule has 0 fully saturated rings. The highest BCUT2D eigenvalue weighted by atomic mass is 32.1. The summed E-state index contributed by atoms with van der Waals surface area (Å²) in [7, 11) is 0. The number of carbonyl (C=O) groups is 3. The molecular weight excluding hydrogens is 398 g/mol.